The van der Waals surface area contributed by atoms with E-state index in [4.69, 9.17) is 0 Å². The first kappa shape index (κ1) is 20.1. The number of aromatic nitrogens is 5. The standard InChI is InChI=1S/C23H16FN5O2S/c24-16-11-9-15(10-12-16)13-28-21(30)17-5-1-3-7-19(17)25-23(28)32-14-29-22(31)18-6-2-4-8-20(18)26-27-29/h1-12H,13-14H2. The number of rotatable bonds is 5. The molecule has 0 amide bonds. The largest absolute Gasteiger partial charge is 0.283 e. The SMILES string of the molecule is O=c1c2ccccc2nnn1CSc1nc2ccccc2c(=O)n1Cc1ccc(F)cc1. The van der Waals surface area contributed by atoms with Gasteiger partial charge in [0.1, 0.15) is 11.3 Å². The summed E-state index contributed by atoms with van der Waals surface area (Å²) in [7, 11) is 0. The van der Waals surface area contributed by atoms with E-state index in [0.717, 1.165) is 5.56 Å². The molecule has 0 fully saturated rings. The number of benzene rings is 3. The molecule has 7 nitrogen and oxygen atoms in total. The van der Waals surface area contributed by atoms with E-state index < -0.39 is 0 Å². The molecule has 0 spiro atoms. The molecular formula is C23H16FN5O2S. The highest BCUT2D eigenvalue weighted by atomic mass is 32.2. The molecule has 3 aromatic carbocycles. The summed E-state index contributed by atoms with van der Waals surface area (Å²) in [6, 6.07) is 20.0. The third-order valence-electron chi connectivity index (χ3n) is 5.03. The van der Waals surface area contributed by atoms with E-state index in [1.54, 1.807) is 54.6 Å². The van der Waals surface area contributed by atoms with E-state index in [2.05, 4.69) is 15.3 Å². The van der Waals surface area contributed by atoms with Gasteiger partial charge in [-0.1, -0.05) is 53.4 Å². The summed E-state index contributed by atoms with van der Waals surface area (Å²) < 4.78 is 16.1. The maximum atomic E-state index is 13.3. The average Bonchev–Trinajstić information content (AvgIpc) is 2.82. The maximum absolute atomic E-state index is 13.3. The lowest BCUT2D eigenvalue weighted by Gasteiger charge is -2.13. The Morgan fingerprint density at radius 1 is 0.812 bits per heavy atom. The number of para-hydroxylation sites is 1. The Kier molecular flexibility index (Phi) is 5.24. The predicted molar refractivity (Wildman–Crippen MR) is 121 cm³/mol. The van der Waals surface area contributed by atoms with Crippen LogP contribution in [0.25, 0.3) is 21.8 Å². The number of thioether (sulfide) groups is 1. The molecule has 0 bridgehead atoms. The van der Waals surface area contributed by atoms with Crippen molar-refractivity contribution in [2.75, 3.05) is 0 Å². The second-order valence-electron chi connectivity index (χ2n) is 7.11. The molecule has 5 aromatic rings. The van der Waals surface area contributed by atoms with Crippen molar-refractivity contribution in [2.24, 2.45) is 0 Å². The molecule has 32 heavy (non-hydrogen) atoms. The summed E-state index contributed by atoms with van der Waals surface area (Å²) in [5.41, 5.74) is 1.37. The molecule has 0 N–H and O–H groups in total. The first-order valence-corrected chi connectivity index (χ1v) is 10.8. The van der Waals surface area contributed by atoms with Gasteiger partial charge in [0.2, 0.25) is 0 Å². The van der Waals surface area contributed by atoms with E-state index in [-0.39, 0.29) is 29.4 Å². The molecule has 2 aromatic heterocycles. The molecule has 0 aliphatic rings. The smallest absolute Gasteiger partial charge is 0.278 e. The van der Waals surface area contributed by atoms with Gasteiger partial charge in [-0.3, -0.25) is 14.2 Å². The second-order valence-corrected chi connectivity index (χ2v) is 8.03. The monoisotopic (exact) mass is 445 g/mol. The molecule has 0 aliphatic heterocycles. The van der Waals surface area contributed by atoms with Crippen LogP contribution in [0, 0.1) is 5.82 Å². The third-order valence-corrected chi connectivity index (χ3v) is 5.97. The number of fused-ring (bicyclic) bond motifs is 2. The summed E-state index contributed by atoms with van der Waals surface area (Å²) in [4.78, 5) is 30.6. The molecule has 0 aliphatic carbocycles. The number of halogens is 1. The van der Waals surface area contributed by atoms with Gasteiger partial charge in [0.15, 0.2) is 5.16 Å². The van der Waals surface area contributed by atoms with Gasteiger partial charge in [-0.25, -0.2) is 9.37 Å². The Morgan fingerprint density at radius 3 is 2.22 bits per heavy atom. The van der Waals surface area contributed by atoms with E-state index >= 15 is 0 Å². The number of hydrogen-bond acceptors (Lipinski definition) is 6. The van der Waals surface area contributed by atoms with Crippen LogP contribution in [0.15, 0.2) is 87.5 Å². The first-order chi connectivity index (χ1) is 15.6. The molecule has 2 heterocycles. The van der Waals surface area contributed by atoms with Crippen molar-refractivity contribution in [1.29, 1.82) is 0 Å². The van der Waals surface area contributed by atoms with Crippen LogP contribution in [0.2, 0.25) is 0 Å². The average molecular weight is 445 g/mol. The molecule has 0 saturated carbocycles. The lowest BCUT2D eigenvalue weighted by Crippen LogP contribution is -2.26. The third kappa shape index (κ3) is 3.78. The van der Waals surface area contributed by atoms with Crippen molar-refractivity contribution < 1.29 is 4.39 Å². The molecule has 0 atom stereocenters. The lowest BCUT2D eigenvalue weighted by atomic mass is 10.2. The zero-order valence-electron chi connectivity index (χ0n) is 16.7. The Hall–Kier alpha value is -3.85. The summed E-state index contributed by atoms with van der Waals surface area (Å²) >= 11 is 1.21. The summed E-state index contributed by atoms with van der Waals surface area (Å²) in [5.74, 6) is -0.216. The van der Waals surface area contributed by atoms with Crippen LogP contribution in [0.3, 0.4) is 0 Å². The quantitative estimate of drug-likeness (QED) is 0.305. The highest BCUT2D eigenvalue weighted by Crippen LogP contribution is 2.20. The fourth-order valence-corrected chi connectivity index (χ4v) is 4.27. The molecule has 9 heteroatoms. The van der Waals surface area contributed by atoms with E-state index in [1.165, 1.54) is 33.1 Å². The number of hydrogen-bond donors (Lipinski definition) is 0. The first-order valence-electron chi connectivity index (χ1n) is 9.79. The van der Waals surface area contributed by atoms with E-state index in [0.29, 0.717) is 27.0 Å². The molecule has 0 saturated heterocycles. The van der Waals surface area contributed by atoms with Crippen molar-refractivity contribution >= 4 is 33.6 Å². The van der Waals surface area contributed by atoms with Crippen LogP contribution in [-0.4, -0.2) is 24.5 Å². The molecule has 5 rings (SSSR count). The van der Waals surface area contributed by atoms with E-state index in [9.17, 15) is 14.0 Å². The lowest BCUT2D eigenvalue weighted by molar-refractivity contribution is 0.620. The van der Waals surface area contributed by atoms with Crippen molar-refractivity contribution in [3.63, 3.8) is 0 Å². The van der Waals surface area contributed by atoms with Gasteiger partial charge in [-0.2, -0.15) is 4.68 Å². The summed E-state index contributed by atoms with van der Waals surface area (Å²) in [6.07, 6.45) is 0. The molecule has 0 radical (unpaired) electrons. The minimum Gasteiger partial charge on any atom is -0.283 e. The van der Waals surface area contributed by atoms with Gasteiger partial charge < -0.3 is 0 Å². The van der Waals surface area contributed by atoms with Gasteiger partial charge in [-0.05, 0) is 42.0 Å². The fraction of sp³-hybridized carbons (Fsp3) is 0.0870. The Morgan fingerprint density at radius 2 is 1.47 bits per heavy atom. The molecule has 0 unspecified atom stereocenters. The zero-order chi connectivity index (χ0) is 22.1. The van der Waals surface area contributed by atoms with Crippen LogP contribution in [0.1, 0.15) is 5.56 Å². The Balaban J connectivity index is 1.55. The predicted octanol–water partition coefficient (Wildman–Crippen LogP) is 3.44. The van der Waals surface area contributed by atoms with Crippen LogP contribution in [-0.2, 0) is 12.4 Å². The minimum absolute atomic E-state index is 0.130. The zero-order valence-corrected chi connectivity index (χ0v) is 17.5. The topological polar surface area (TPSA) is 82.7 Å². The Bertz CT molecular complexity index is 1560. The molecular weight excluding hydrogens is 429 g/mol. The van der Waals surface area contributed by atoms with Crippen LogP contribution in [0.4, 0.5) is 4.39 Å². The highest BCUT2D eigenvalue weighted by Gasteiger charge is 2.14. The van der Waals surface area contributed by atoms with Gasteiger partial charge in [0, 0.05) is 0 Å². The van der Waals surface area contributed by atoms with Crippen molar-refractivity contribution in [2.45, 2.75) is 17.6 Å². The fourth-order valence-electron chi connectivity index (χ4n) is 3.40. The van der Waals surface area contributed by atoms with Crippen molar-refractivity contribution in [3.05, 3.63) is 105 Å². The summed E-state index contributed by atoms with van der Waals surface area (Å²) in [5, 5.41) is 9.49. The minimum atomic E-state index is -0.346. The van der Waals surface area contributed by atoms with Crippen LogP contribution < -0.4 is 11.1 Å². The van der Waals surface area contributed by atoms with Crippen LogP contribution >= 0.6 is 11.8 Å². The molecule has 158 valence electrons. The normalized spacial score (nSPS) is 11.3. The second kappa shape index (κ2) is 8.35. The van der Waals surface area contributed by atoms with Gasteiger partial charge in [-0.15, -0.1) is 5.10 Å². The highest BCUT2D eigenvalue weighted by molar-refractivity contribution is 7.98. The Labute approximate surface area is 185 Å². The van der Waals surface area contributed by atoms with Crippen molar-refractivity contribution in [1.82, 2.24) is 24.5 Å². The van der Waals surface area contributed by atoms with Crippen molar-refractivity contribution in [3.8, 4) is 0 Å². The van der Waals surface area contributed by atoms with Crippen LogP contribution in [0.5, 0.6) is 0 Å². The maximum Gasteiger partial charge on any atom is 0.278 e. The van der Waals surface area contributed by atoms with Gasteiger partial charge in [0.25, 0.3) is 11.1 Å². The van der Waals surface area contributed by atoms with Gasteiger partial charge >= 0.3 is 0 Å². The van der Waals surface area contributed by atoms with Gasteiger partial charge in [0.05, 0.1) is 28.7 Å². The van der Waals surface area contributed by atoms with E-state index in [1.807, 2.05) is 6.07 Å². The summed E-state index contributed by atoms with van der Waals surface area (Å²) in [6.45, 7) is 0.220. The number of nitrogens with zero attached hydrogens (tertiary/aromatic N) is 5.